The fourth-order valence-corrected chi connectivity index (χ4v) is 5.66. The minimum absolute atomic E-state index is 0.236. The zero-order valence-corrected chi connectivity index (χ0v) is 21.8. The van der Waals surface area contributed by atoms with E-state index in [0.717, 1.165) is 23.5 Å². The van der Waals surface area contributed by atoms with Gasteiger partial charge in [-0.2, -0.15) is 0 Å². The Morgan fingerprint density at radius 1 is 0.694 bits per heavy atom. The van der Waals surface area contributed by atoms with Crippen molar-refractivity contribution in [2.75, 3.05) is 36.0 Å². The number of imide groups is 1. The van der Waals surface area contributed by atoms with Crippen molar-refractivity contribution < 1.29 is 9.59 Å². The van der Waals surface area contributed by atoms with Gasteiger partial charge in [0, 0.05) is 36.8 Å². The van der Waals surface area contributed by atoms with Gasteiger partial charge in [0.15, 0.2) is 0 Å². The Labute approximate surface area is 217 Å². The summed E-state index contributed by atoms with van der Waals surface area (Å²) < 4.78 is 0. The highest BCUT2D eigenvalue weighted by Crippen LogP contribution is 2.39. The van der Waals surface area contributed by atoms with Crippen LogP contribution in [0.2, 0.25) is 0 Å². The number of aryl methyl sites for hydroxylation is 1. The molecule has 0 bridgehead atoms. The number of thioether (sulfide) groups is 1. The first kappa shape index (κ1) is 24.2. The Kier molecular flexibility index (Phi) is 6.88. The maximum atomic E-state index is 13.8. The molecule has 0 saturated carbocycles. The van der Waals surface area contributed by atoms with Crippen LogP contribution in [0.1, 0.15) is 30.9 Å². The largest absolute Gasteiger partial charge is 0.368 e. The number of benzene rings is 3. The number of carbonyl (C=O) groups is 2. The number of carbonyl (C=O) groups excluding carboxylic acids is 2. The third-order valence-electron chi connectivity index (χ3n) is 6.79. The summed E-state index contributed by atoms with van der Waals surface area (Å²) in [7, 11) is 0. The lowest BCUT2D eigenvalue weighted by Gasteiger charge is -2.37. The molecule has 5 rings (SSSR count). The molecule has 1 fully saturated rings. The van der Waals surface area contributed by atoms with Crippen LogP contribution in [0, 0.1) is 6.92 Å². The van der Waals surface area contributed by atoms with Crippen LogP contribution in [0.25, 0.3) is 0 Å². The lowest BCUT2D eigenvalue weighted by Crippen LogP contribution is -2.47. The summed E-state index contributed by atoms with van der Waals surface area (Å²) in [4.78, 5) is 34.8. The Morgan fingerprint density at radius 2 is 1.31 bits per heavy atom. The number of nitrogens with zero attached hydrogens (tertiary/aromatic N) is 3. The average Bonchev–Trinajstić information content (AvgIpc) is 3.15. The maximum Gasteiger partial charge on any atom is 0.283 e. The van der Waals surface area contributed by atoms with Gasteiger partial charge in [-0.1, -0.05) is 73.6 Å². The second-order valence-electron chi connectivity index (χ2n) is 9.59. The van der Waals surface area contributed by atoms with Crippen LogP contribution >= 0.6 is 11.8 Å². The van der Waals surface area contributed by atoms with Crippen LogP contribution in [0.15, 0.2) is 94.4 Å². The third kappa shape index (κ3) is 4.78. The highest BCUT2D eigenvalue weighted by Gasteiger charge is 2.43. The van der Waals surface area contributed by atoms with Gasteiger partial charge in [0.05, 0.1) is 5.69 Å². The summed E-state index contributed by atoms with van der Waals surface area (Å²) in [5.41, 5.74) is 4.66. The van der Waals surface area contributed by atoms with E-state index >= 15 is 0 Å². The van der Waals surface area contributed by atoms with E-state index in [4.69, 9.17) is 0 Å². The fourth-order valence-electron chi connectivity index (χ4n) is 4.66. The van der Waals surface area contributed by atoms with Crippen LogP contribution in [0.5, 0.6) is 0 Å². The van der Waals surface area contributed by atoms with Crippen molar-refractivity contribution >= 4 is 35.0 Å². The molecule has 184 valence electrons. The molecular weight excluding hydrogens is 466 g/mol. The average molecular weight is 498 g/mol. The molecule has 3 aromatic carbocycles. The molecular formula is C30H31N3O2S. The van der Waals surface area contributed by atoms with Crippen molar-refractivity contribution in [1.82, 2.24) is 4.90 Å². The van der Waals surface area contributed by atoms with Gasteiger partial charge in [-0.05, 0) is 54.8 Å². The van der Waals surface area contributed by atoms with Gasteiger partial charge in [0.1, 0.15) is 10.6 Å². The van der Waals surface area contributed by atoms with E-state index in [1.54, 1.807) is 0 Å². The van der Waals surface area contributed by atoms with Crippen LogP contribution in [0.4, 0.5) is 11.4 Å². The molecule has 2 aliphatic rings. The summed E-state index contributed by atoms with van der Waals surface area (Å²) in [6, 6.07) is 26.2. The van der Waals surface area contributed by atoms with Crippen molar-refractivity contribution in [3.05, 3.63) is 101 Å². The van der Waals surface area contributed by atoms with E-state index in [-0.39, 0.29) is 11.8 Å². The molecule has 0 spiro atoms. The van der Waals surface area contributed by atoms with E-state index in [2.05, 4.69) is 35.8 Å². The van der Waals surface area contributed by atoms with E-state index in [1.807, 2.05) is 73.7 Å². The number of hydrogen-bond donors (Lipinski definition) is 0. The van der Waals surface area contributed by atoms with Gasteiger partial charge in [-0.15, -0.1) is 0 Å². The van der Waals surface area contributed by atoms with Gasteiger partial charge in [-0.3, -0.25) is 9.59 Å². The molecule has 5 nitrogen and oxygen atoms in total. The predicted molar refractivity (Wildman–Crippen MR) is 147 cm³/mol. The predicted octanol–water partition coefficient (Wildman–Crippen LogP) is 5.82. The monoisotopic (exact) mass is 497 g/mol. The summed E-state index contributed by atoms with van der Waals surface area (Å²) in [6.45, 7) is 9.25. The number of amides is 2. The van der Waals surface area contributed by atoms with Gasteiger partial charge in [0.2, 0.25) is 0 Å². The van der Waals surface area contributed by atoms with Crippen LogP contribution in [-0.2, 0) is 9.59 Å². The highest BCUT2D eigenvalue weighted by atomic mass is 32.2. The molecule has 1 saturated heterocycles. The molecule has 0 aliphatic carbocycles. The van der Waals surface area contributed by atoms with Crippen molar-refractivity contribution in [1.29, 1.82) is 0 Å². The standard InChI is InChI=1S/C30H31N3O2S/c1-21(2)23-11-13-25(14-12-23)33-29(34)27(28(30(33)35)36-26-15-9-22(3)10-16-26)32-19-17-31(18-20-32)24-7-5-4-6-8-24/h4-16,21H,17-20H2,1-3H3. The molecule has 0 unspecified atom stereocenters. The molecule has 2 heterocycles. The Morgan fingerprint density at radius 3 is 1.92 bits per heavy atom. The number of rotatable bonds is 6. The first-order valence-corrected chi connectivity index (χ1v) is 13.3. The Hall–Kier alpha value is -3.51. The van der Waals surface area contributed by atoms with E-state index in [9.17, 15) is 9.59 Å². The summed E-state index contributed by atoms with van der Waals surface area (Å²) in [6.07, 6.45) is 0. The number of para-hydroxylation sites is 1. The quantitative estimate of drug-likeness (QED) is 0.402. The first-order valence-electron chi connectivity index (χ1n) is 12.4. The minimum atomic E-state index is -0.247. The van der Waals surface area contributed by atoms with Crippen molar-refractivity contribution in [2.24, 2.45) is 0 Å². The molecule has 36 heavy (non-hydrogen) atoms. The number of hydrogen-bond acceptors (Lipinski definition) is 5. The number of anilines is 2. The van der Waals surface area contributed by atoms with Crippen LogP contribution < -0.4 is 9.80 Å². The van der Waals surface area contributed by atoms with Gasteiger partial charge in [-0.25, -0.2) is 4.90 Å². The minimum Gasteiger partial charge on any atom is -0.368 e. The molecule has 6 heteroatoms. The molecule has 0 N–H and O–H groups in total. The summed E-state index contributed by atoms with van der Waals surface area (Å²) in [5, 5.41) is 0. The van der Waals surface area contributed by atoms with E-state index < -0.39 is 0 Å². The van der Waals surface area contributed by atoms with Crippen LogP contribution in [0.3, 0.4) is 0 Å². The molecule has 0 atom stereocenters. The smallest absolute Gasteiger partial charge is 0.283 e. The molecule has 3 aromatic rings. The van der Waals surface area contributed by atoms with Gasteiger partial charge < -0.3 is 9.80 Å². The topological polar surface area (TPSA) is 43.9 Å². The second kappa shape index (κ2) is 10.2. The van der Waals surface area contributed by atoms with Crippen molar-refractivity contribution in [3.8, 4) is 0 Å². The fraction of sp³-hybridized carbons (Fsp3) is 0.267. The lowest BCUT2D eigenvalue weighted by molar-refractivity contribution is -0.121. The lowest BCUT2D eigenvalue weighted by atomic mass is 10.0. The van der Waals surface area contributed by atoms with E-state index in [0.29, 0.717) is 35.3 Å². The van der Waals surface area contributed by atoms with Crippen molar-refractivity contribution in [2.45, 2.75) is 31.6 Å². The Bertz CT molecular complexity index is 1280. The molecule has 0 radical (unpaired) electrons. The van der Waals surface area contributed by atoms with Gasteiger partial charge >= 0.3 is 0 Å². The number of piperazine rings is 1. The first-order chi connectivity index (χ1) is 17.4. The SMILES string of the molecule is Cc1ccc(SC2=C(N3CCN(c4ccccc4)CC3)C(=O)N(c3ccc(C(C)C)cc3)C2=O)cc1. The van der Waals surface area contributed by atoms with E-state index in [1.165, 1.54) is 27.9 Å². The maximum absolute atomic E-state index is 13.8. The highest BCUT2D eigenvalue weighted by molar-refractivity contribution is 8.04. The normalized spacial score (nSPS) is 16.5. The summed E-state index contributed by atoms with van der Waals surface area (Å²) >= 11 is 1.39. The van der Waals surface area contributed by atoms with Gasteiger partial charge in [0.25, 0.3) is 11.8 Å². The molecule has 2 aliphatic heterocycles. The molecule has 0 aromatic heterocycles. The Balaban J connectivity index is 1.45. The molecule has 2 amide bonds. The zero-order valence-electron chi connectivity index (χ0n) is 21.0. The zero-order chi connectivity index (χ0) is 25.2. The third-order valence-corrected chi connectivity index (χ3v) is 7.87. The summed E-state index contributed by atoms with van der Waals surface area (Å²) in [5.74, 6) is -0.102. The van der Waals surface area contributed by atoms with Crippen molar-refractivity contribution in [3.63, 3.8) is 0 Å². The van der Waals surface area contributed by atoms with Crippen LogP contribution in [-0.4, -0.2) is 42.9 Å². The second-order valence-corrected chi connectivity index (χ2v) is 10.7.